The van der Waals surface area contributed by atoms with Gasteiger partial charge in [-0.2, -0.15) is 18.3 Å². The van der Waals surface area contributed by atoms with E-state index in [0.717, 1.165) is 44.2 Å². The van der Waals surface area contributed by atoms with Crippen molar-refractivity contribution in [3.63, 3.8) is 0 Å². The number of nitrogens with zero attached hydrogens (tertiary/aromatic N) is 4. The highest BCUT2D eigenvalue weighted by Crippen LogP contribution is 2.31. The molecule has 1 N–H and O–H groups in total. The smallest absolute Gasteiger partial charge is 0.338 e. The zero-order valence-corrected chi connectivity index (χ0v) is 13.9. The number of piperidine rings is 1. The van der Waals surface area contributed by atoms with Crippen molar-refractivity contribution in [2.45, 2.75) is 44.8 Å². The maximum Gasteiger partial charge on any atom is 0.432 e. The van der Waals surface area contributed by atoms with Crippen molar-refractivity contribution in [3.05, 3.63) is 35.2 Å². The van der Waals surface area contributed by atoms with E-state index in [1.807, 2.05) is 17.9 Å². The fourth-order valence-corrected chi connectivity index (χ4v) is 3.36. The molecule has 1 unspecified atom stereocenters. The van der Waals surface area contributed by atoms with Gasteiger partial charge in [0.2, 0.25) is 0 Å². The number of imidazole rings is 1. The summed E-state index contributed by atoms with van der Waals surface area (Å²) in [5, 5.41) is 4.45. The summed E-state index contributed by atoms with van der Waals surface area (Å²) in [6, 6.07) is 0. The van der Waals surface area contributed by atoms with E-state index in [4.69, 9.17) is 0 Å². The summed E-state index contributed by atoms with van der Waals surface area (Å²) >= 11 is 0. The van der Waals surface area contributed by atoms with Crippen molar-refractivity contribution in [2.75, 3.05) is 13.1 Å². The molecule has 2 aromatic heterocycles. The van der Waals surface area contributed by atoms with Crippen LogP contribution in [0.3, 0.4) is 0 Å². The lowest BCUT2D eigenvalue weighted by Crippen LogP contribution is -2.34. The molecule has 0 saturated carbocycles. The van der Waals surface area contributed by atoms with Gasteiger partial charge in [0.15, 0.2) is 0 Å². The molecule has 2 aromatic rings. The second kappa shape index (κ2) is 6.58. The van der Waals surface area contributed by atoms with E-state index in [2.05, 4.69) is 26.9 Å². The van der Waals surface area contributed by atoms with Gasteiger partial charge in [0.1, 0.15) is 11.5 Å². The van der Waals surface area contributed by atoms with Crippen LogP contribution in [-0.2, 0) is 26.2 Å². The third-order valence-electron chi connectivity index (χ3n) is 4.51. The van der Waals surface area contributed by atoms with Gasteiger partial charge in [-0.1, -0.05) is 6.92 Å². The van der Waals surface area contributed by atoms with Crippen molar-refractivity contribution in [1.29, 1.82) is 0 Å². The van der Waals surface area contributed by atoms with Crippen molar-refractivity contribution in [2.24, 2.45) is 7.05 Å². The largest absolute Gasteiger partial charge is 0.432 e. The number of aromatic amines is 1. The number of hydrogen-bond acceptors (Lipinski definition) is 3. The molecule has 1 fully saturated rings. The summed E-state index contributed by atoms with van der Waals surface area (Å²) in [5.41, 5.74) is 1.50. The van der Waals surface area contributed by atoms with E-state index in [-0.39, 0.29) is 5.92 Å². The molecule has 1 saturated heterocycles. The number of aryl methyl sites for hydroxylation is 2. The Morgan fingerprint density at radius 1 is 1.38 bits per heavy atom. The van der Waals surface area contributed by atoms with Gasteiger partial charge >= 0.3 is 6.18 Å². The molecule has 1 aliphatic rings. The minimum atomic E-state index is -4.37. The van der Waals surface area contributed by atoms with E-state index in [1.165, 1.54) is 5.56 Å². The van der Waals surface area contributed by atoms with Crippen LogP contribution in [0.2, 0.25) is 0 Å². The van der Waals surface area contributed by atoms with E-state index < -0.39 is 11.9 Å². The molecule has 0 amide bonds. The maximum absolute atomic E-state index is 12.7. The Kier molecular flexibility index (Phi) is 4.67. The van der Waals surface area contributed by atoms with Gasteiger partial charge in [-0.25, -0.2) is 4.98 Å². The Labute approximate surface area is 138 Å². The molecule has 24 heavy (non-hydrogen) atoms. The predicted molar refractivity (Wildman–Crippen MR) is 83.4 cm³/mol. The van der Waals surface area contributed by atoms with Crippen molar-refractivity contribution < 1.29 is 13.2 Å². The Morgan fingerprint density at radius 2 is 2.17 bits per heavy atom. The zero-order valence-electron chi connectivity index (χ0n) is 13.9. The quantitative estimate of drug-likeness (QED) is 0.930. The molecule has 0 spiro atoms. The Balaban J connectivity index is 1.69. The maximum atomic E-state index is 12.7. The van der Waals surface area contributed by atoms with Gasteiger partial charge in [-0.15, -0.1) is 0 Å². The lowest BCUT2D eigenvalue weighted by atomic mass is 9.97. The molecular formula is C16H22F3N5. The molecule has 0 radical (unpaired) electrons. The average Bonchev–Trinajstić information content (AvgIpc) is 3.14. The van der Waals surface area contributed by atoms with Crippen molar-refractivity contribution in [3.8, 4) is 0 Å². The molecule has 3 heterocycles. The molecule has 0 aromatic carbocycles. The topological polar surface area (TPSA) is 49.7 Å². The number of H-pyrrole nitrogens is 1. The molecule has 3 rings (SSSR count). The fraction of sp³-hybridized carbons (Fsp3) is 0.625. The second-order valence-corrected chi connectivity index (χ2v) is 6.38. The van der Waals surface area contributed by atoms with Gasteiger partial charge in [-0.05, 0) is 25.8 Å². The number of rotatable bonds is 4. The van der Waals surface area contributed by atoms with Crippen LogP contribution in [0, 0.1) is 0 Å². The standard InChI is InChI=1S/C16H22F3N5/c1-3-13-12(8-23(2)22-13)10-24-6-4-5-11(9-24)15-20-7-14(21-15)16(17,18)19/h7-8,11H,3-6,9-10H2,1-2H3,(H,20,21). The van der Waals surface area contributed by atoms with Crippen LogP contribution in [0.4, 0.5) is 13.2 Å². The summed E-state index contributed by atoms with van der Waals surface area (Å²) < 4.78 is 40.0. The number of likely N-dealkylation sites (tertiary alicyclic amines) is 1. The Hall–Kier alpha value is -1.83. The predicted octanol–water partition coefficient (Wildman–Crippen LogP) is 3.10. The summed E-state index contributed by atoms with van der Waals surface area (Å²) in [6.45, 7) is 4.51. The average molecular weight is 341 g/mol. The van der Waals surface area contributed by atoms with Crippen LogP contribution >= 0.6 is 0 Å². The first-order valence-electron chi connectivity index (χ1n) is 8.22. The van der Waals surface area contributed by atoms with Crippen molar-refractivity contribution >= 4 is 0 Å². The lowest BCUT2D eigenvalue weighted by Gasteiger charge is -2.31. The highest BCUT2D eigenvalue weighted by Gasteiger charge is 2.34. The molecule has 0 bridgehead atoms. The summed E-state index contributed by atoms with van der Waals surface area (Å²) in [6.07, 6.45) is 1.23. The van der Waals surface area contributed by atoms with Crippen LogP contribution in [0.5, 0.6) is 0 Å². The SMILES string of the molecule is CCc1nn(C)cc1CN1CCCC(c2ncc(C(F)(F)F)[nH]2)C1. The van der Waals surface area contributed by atoms with Crippen LogP contribution in [-0.4, -0.2) is 37.7 Å². The lowest BCUT2D eigenvalue weighted by molar-refractivity contribution is -0.141. The first kappa shape index (κ1) is 17.0. The molecule has 5 nitrogen and oxygen atoms in total. The van der Waals surface area contributed by atoms with Crippen LogP contribution in [0.15, 0.2) is 12.4 Å². The summed E-state index contributed by atoms with van der Waals surface area (Å²) in [4.78, 5) is 8.70. The van der Waals surface area contributed by atoms with E-state index in [9.17, 15) is 13.2 Å². The van der Waals surface area contributed by atoms with E-state index in [0.29, 0.717) is 12.4 Å². The van der Waals surface area contributed by atoms with Gasteiger partial charge in [0.25, 0.3) is 0 Å². The van der Waals surface area contributed by atoms with Crippen LogP contribution in [0.1, 0.15) is 48.5 Å². The first-order valence-corrected chi connectivity index (χ1v) is 8.22. The minimum absolute atomic E-state index is 0.0107. The molecule has 0 aliphatic carbocycles. The summed E-state index contributed by atoms with van der Waals surface area (Å²) in [7, 11) is 1.91. The van der Waals surface area contributed by atoms with Crippen LogP contribution < -0.4 is 0 Å². The first-order chi connectivity index (χ1) is 11.4. The highest BCUT2D eigenvalue weighted by molar-refractivity contribution is 5.17. The van der Waals surface area contributed by atoms with Gasteiger partial charge in [-0.3, -0.25) is 9.58 Å². The number of aromatic nitrogens is 4. The normalized spacial score (nSPS) is 19.8. The number of hydrogen-bond donors (Lipinski definition) is 1. The molecule has 132 valence electrons. The number of alkyl halides is 3. The summed E-state index contributed by atoms with van der Waals surface area (Å²) in [5.74, 6) is 0.450. The third-order valence-corrected chi connectivity index (χ3v) is 4.51. The molecule has 8 heteroatoms. The van der Waals surface area contributed by atoms with Crippen molar-refractivity contribution in [1.82, 2.24) is 24.6 Å². The number of halogens is 3. The molecule has 1 atom stereocenters. The monoisotopic (exact) mass is 341 g/mol. The molecular weight excluding hydrogens is 319 g/mol. The zero-order chi connectivity index (χ0) is 17.3. The van der Waals surface area contributed by atoms with E-state index >= 15 is 0 Å². The minimum Gasteiger partial charge on any atom is -0.338 e. The third kappa shape index (κ3) is 3.63. The Morgan fingerprint density at radius 3 is 2.83 bits per heavy atom. The van der Waals surface area contributed by atoms with Gasteiger partial charge in [0.05, 0.1) is 11.9 Å². The second-order valence-electron chi connectivity index (χ2n) is 6.38. The highest BCUT2D eigenvalue weighted by atomic mass is 19.4. The molecule has 1 aliphatic heterocycles. The fourth-order valence-electron chi connectivity index (χ4n) is 3.36. The van der Waals surface area contributed by atoms with Gasteiger partial charge in [0, 0.05) is 37.8 Å². The van der Waals surface area contributed by atoms with Crippen LogP contribution in [0.25, 0.3) is 0 Å². The van der Waals surface area contributed by atoms with E-state index in [1.54, 1.807) is 0 Å². The Bertz CT molecular complexity index is 688. The van der Waals surface area contributed by atoms with Gasteiger partial charge < -0.3 is 4.98 Å². The number of nitrogens with one attached hydrogen (secondary N) is 1.